The topological polar surface area (TPSA) is 112 Å². The van der Waals surface area contributed by atoms with Crippen molar-refractivity contribution in [1.82, 2.24) is 0 Å². The van der Waals surface area contributed by atoms with Crippen LogP contribution in [0.2, 0.25) is 0 Å². The smallest absolute Gasteiger partial charge is 0.284 e. The summed E-state index contributed by atoms with van der Waals surface area (Å²) < 4.78 is 0. The highest BCUT2D eigenvalue weighted by Crippen LogP contribution is 2.35. The first-order valence-electron chi connectivity index (χ1n) is 5.59. The number of hydrogen-bond donors (Lipinski definition) is 2. The zero-order valence-electron chi connectivity index (χ0n) is 10.3. The lowest BCUT2D eigenvalue weighted by molar-refractivity contribution is -0.387. The van der Waals surface area contributed by atoms with Gasteiger partial charge in [-0.25, -0.2) is 0 Å². The van der Waals surface area contributed by atoms with Crippen molar-refractivity contribution in [2.24, 2.45) is 5.73 Å². The summed E-state index contributed by atoms with van der Waals surface area (Å²) in [5, 5.41) is 11.1. The van der Waals surface area contributed by atoms with Crippen LogP contribution in [0.5, 0.6) is 0 Å². The number of nitrogen functional groups attached to an aromatic ring is 1. The Morgan fingerprint density at radius 1 is 1.15 bits per heavy atom. The van der Waals surface area contributed by atoms with Crippen LogP contribution in [-0.4, -0.2) is 10.8 Å². The summed E-state index contributed by atoms with van der Waals surface area (Å²) in [6.07, 6.45) is 0. The number of primary amides is 1. The lowest BCUT2D eigenvalue weighted by Gasteiger charge is -2.04. The van der Waals surface area contributed by atoms with Gasteiger partial charge in [0, 0.05) is 22.2 Å². The summed E-state index contributed by atoms with van der Waals surface area (Å²) in [5.41, 5.74) is 11.3. The SMILES string of the molecule is NC(=O)c1ccc(Sc2ccc(N)cc2)c([N+](=O)[O-])c1. The standard InChI is InChI=1S/C13H11N3O3S/c14-9-2-4-10(5-3-9)20-12-6-1-8(13(15)17)7-11(12)16(18)19/h1-7H,14H2,(H2,15,17). The molecule has 0 saturated heterocycles. The average molecular weight is 289 g/mol. The summed E-state index contributed by atoms with van der Waals surface area (Å²) in [4.78, 5) is 22.8. The van der Waals surface area contributed by atoms with Crippen molar-refractivity contribution in [2.45, 2.75) is 9.79 Å². The summed E-state index contributed by atoms with van der Waals surface area (Å²) in [6, 6.07) is 11.1. The summed E-state index contributed by atoms with van der Waals surface area (Å²) in [5.74, 6) is -0.697. The summed E-state index contributed by atoms with van der Waals surface area (Å²) >= 11 is 1.22. The van der Waals surface area contributed by atoms with E-state index < -0.39 is 10.8 Å². The predicted octanol–water partition coefficient (Wildman–Crippen LogP) is 2.43. The molecule has 2 rings (SSSR count). The van der Waals surface area contributed by atoms with Crippen molar-refractivity contribution >= 4 is 29.0 Å². The number of rotatable bonds is 4. The molecule has 7 heteroatoms. The second-order valence-electron chi connectivity index (χ2n) is 3.97. The van der Waals surface area contributed by atoms with Crippen LogP contribution in [0.4, 0.5) is 11.4 Å². The van der Waals surface area contributed by atoms with Gasteiger partial charge in [-0.3, -0.25) is 14.9 Å². The normalized spacial score (nSPS) is 10.2. The number of amides is 1. The fourth-order valence-corrected chi connectivity index (χ4v) is 2.46. The molecule has 4 N–H and O–H groups in total. The van der Waals surface area contributed by atoms with Crippen molar-refractivity contribution < 1.29 is 9.72 Å². The van der Waals surface area contributed by atoms with Crippen LogP contribution in [0.3, 0.4) is 0 Å². The molecule has 102 valence electrons. The van der Waals surface area contributed by atoms with Gasteiger partial charge >= 0.3 is 0 Å². The molecule has 20 heavy (non-hydrogen) atoms. The van der Waals surface area contributed by atoms with Crippen molar-refractivity contribution in [1.29, 1.82) is 0 Å². The molecule has 2 aromatic rings. The maximum Gasteiger partial charge on any atom is 0.284 e. The molecule has 0 aliphatic carbocycles. The van der Waals surface area contributed by atoms with Crippen LogP contribution >= 0.6 is 11.8 Å². The van der Waals surface area contributed by atoms with Crippen LogP contribution in [0.1, 0.15) is 10.4 Å². The molecule has 0 heterocycles. The highest BCUT2D eigenvalue weighted by molar-refractivity contribution is 7.99. The second-order valence-corrected chi connectivity index (χ2v) is 5.09. The third-order valence-corrected chi connectivity index (χ3v) is 3.62. The first-order chi connectivity index (χ1) is 9.47. The molecule has 0 fully saturated rings. The number of carbonyl (C=O) groups excluding carboxylic acids is 1. The molecule has 6 nitrogen and oxygen atoms in total. The van der Waals surface area contributed by atoms with Crippen LogP contribution in [0.15, 0.2) is 52.3 Å². The molecule has 0 atom stereocenters. The van der Waals surface area contributed by atoms with E-state index in [0.29, 0.717) is 10.6 Å². The molecule has 0 radical (unpaired) electrons. The maximum absolute atomic E-state index is 11.1. The Balaban J connectivity index is 2.38. The van der Waals surface area contributed by atoms with E-state index >= 15 is 0 Å². The Labute approximate surface area is 118 Å². The van der Waals surface area contributed by atoms with Gasteiger partial charge in [-0.2, -0.15) is 0 Å². The molecule has 2 aromatic carbocycles. The van der Waals surface area contributed by atoms with Crippen molar-refractivity contribution in [2.75, 3.05) is 5.73 Å². The molecule has 0 spiro atoms. The Morgan fingerprint density at radius 2 is 1.80 bits per heavy atom. The molecule has 0 saturated carbocycles. The number of nitro benzene ring substituents is 1. The Morgan fingerprint density at radius 3 is 2.35 bits per heavy atom. The van der Waals surface area contributed by atoms with E-state index in [0.717, 1.165) is 4.90 Å². The number of hydrogen-bond acceptors (Lipinski definition) is 5. The zero-order valence-corrected chi connectivity index (χ0v) is 11.1. The summed E-state index contributed by atoms with van der Waals surface area (Å²) in [7, 11) is 0. The fourth-order valence-electron chi connectivity index (χ4n) is 1.56. The third-order valence-electron chi connectivity index (χ3n) is 2.55. The van der Waals surface area contributed by atoms with Gasteiger partial charge in [0.1, 0.15) is 0 Å². The minimum atomic E-state index is -0.697. The van der Waals surface area contributed by atoms with Gasteiger partial charge in [0.25, 0.3) is 5.69 Å². The van der Waals surface area contributed by atoms with Gasteiger partial charge in [-0.05, 0) is 36.4 Å². The van der Waals surface area contributed by atoms with Crippen LogP contribution < -0.4 is 11.5 Å². The van der Waals surface area contributed by atoms with Crippen molar-refractivity contribution in [3.63, 3.8) is 0 Å². The average Bonchev–Trinajstić information content (AvgIpc) is 2.41. The van der Waals surface area contributed by atoms with E-state index in [4.69, 9.17) is 11.5 Å². The largest absolute Gasteiger partial charge is 0.399 e. The Kier molecular flexibility index (Phi) is 3.90. The van der Waals surface area contributed by atoms with Gasteiger partial charge in [0.2, 0.25) is 5.91 Å². The van der Waals surface area contributed by atoms with E-state index in [2.05, 4.69) is 0 Å². The number of carbonyl (C=O) groups is 1. The number of anilines is 1. The first-order valence-corrected chi connectivity index (χ1v) is 6.40. The van der Waals surface area contributed by atoms with Gasteiger partial charge in [0.05, 0.1) is 9.82 Å². The quantitative estimate of drug-likeness (QED) is 0.510. The highest BCUT2D eigenvalue weighted by atomic mass is 32.2. The fraction of sp³-hybridized carbons (Fsp3) is 0. The molecule has 0 unspecified atom stereocenters. The van der Waals surface area contributed by atoms with E-state index in [-0.39, 0.29) is 11.3 Å². The zero-order chi connectivity index (χ0) is 14.7. The van der Waals surface area contributed by atoms with Crippen molar-refractivity contribution in [3.8, 4) is 0 Å². The van der Waals surface area contributed by atoms with Crippen LogP contribution in [0, 0.1) is 10.1 Å². The maximum atomic E-state index is 11.1. The minimum Gasteiger partial charge on any atom is -0.399 e. The summed E-state index contributed by atoms with van der Waals surface area (Å²) in [6.45, 7) is 0. The molecule has 0 aliphatic heterocycles. The molecule has 0 aliphatic rings. The number of benzene rings is 2. The monoisotopic (exact) mass is 289 g/mol. The Hall–Kier alpha value is -2.54. The molecule has 0 bridgehead atoms. The van der Waals surface area contributed by atoms with E-state index in [1.807, 2.05) is 0 Å². The van der Waals surface area contributed by atoms with Crippen LogP contribution in [-0.2, 0) is 0 Å². The number of nitro groups is 1. The lowest BCUT2D eigenvalue weighted by Crippen LogP contribution is -2.11. The molecule has 1 amide bonds. The highest BCUT2D eigenvalue weighted by Gasteiger charge is 2.17. The van der Waals surface area contributed by atoms with E-state index in [9.17, 15) is 14.9 Å². The predicted molar refractivity (Wildman–Crippen MR) is 76.6 cm³/mol. The van der Waals surface area contributed by atoms with Gasteiger partial charge in [0.15, 0.2) is 0 Å². The molecular weight excluding hydrogens is 278 g/mol. The number of nitrogens with zero attached hydrogens (tertiary/aromatic N) is 1. The van der Waals surface area contributed by atoms with Gasteiger partial charge in [-0.15, -0.1) is 0 Å². The second kappa shape index (κ2) is 5.62. The van der Waals surface area contributed by atoms with Gasteiger partial charge < -0.3 is 11.5 Å². The van der Waals surface area contributed by atoms with E-state index in [1.165, 1.54) is 30.0 Å². The lowest BCUT2D eigenvalue weighted by atomic mass is 10.2. The number of nitrogens with two attached hydrogens (primary N) is 2. The van der Waals surface area contributed by atoms with Crippen LogP contribution in [0.25, 0.3) is 0 Å². The van der Waals surface area contributed by atoms with Crippen molar-refractivity contribution in [3.05, 3.63) is 58.1 Å². The first kappa shape index (κ1) is 13.9. The third kappa shape index (κ3) is 3.07. The van der Waals surface area contributed by atoms with Gasteiger partial charge in [-0.1, -0.05) is 11.8 Å². The van der Waals surface area contributed by atoms with E-state index in [1.54, 1.807) is 24.3 Å². The minimum absolute atomic E-state index is 0.110. The Bertz CT molecular complexity index is 671. The molecular formula is C13H11N3O3S. The molecule has 0 aromatic heterocycles.